The number of hydrogen-bond acceptors (Lipinski definition) is 1. The van der Waals surface area contributed by atoms with Crippen molar-refractivity contribution in [3.05, 3.63) is 47.5 Å². The average molecular weight is 329 g/mol. The Hall–Kier alpha value is -1.34. The van der Waals surface area contributed by atoms with E-state index in [1.54, 1.807) is 0 Å². The van der Waals surface area contributed by atoms with Gasteiger partial charge in [0.2, 0.25) is 0 Å². The van der Waals surface area contributed by atoms with Crippen molar-refractivity contribution in [1.82, 2.24) is 0 Å². The highest BCUT2D eigenvalue weighted by Gasteiger charge is 1.99. The summed E-state index contributed by atoms with van der Waals surface area (Å²) in [4.78, 5) is 0. The minimum absolute atomic E-state index is 0.716. The Kier molecular flexibility index (Phi) is 11.2. The van der Waals surface area contributed by atoms with Crippen LogP contribution in [0.3, 0.4) is 0 Å². The van der Waals surface area contributed by atoms with Gasteiger partial charge in [-0.05, 0) is 55.4 Å². The normalized spacial score (nSPS) is 12.7. The van der Waals surface area contributed by atoms with Gasteiger partial charge in [-0.25, -0.2) is 0 Å². The van der Waals surface area contributed by atoms with E-state index in [-0.39, 0.29) is 0 Å². The van der Waals surface area contributed by atoms with Crippen LogP contribution in [0.4, 0.5) is 0 Å². The van der Waals surface area contributed by atoms with Crippen molar-refractivity contribution in [2.75, 3.05) is 13.2 Å². The molecule has 1 rings (SSSR count). The maximum absolute atomic E-state index is 5.67. The minimum atomic E-state index is 0.716. The van der Waals surface area contributed by atoms with Crippen molar-refractivity contribution in [1.29, 1.82) is 0 Å². The lowest BCUT2D eigenvalue weighted by Gasteiger charge is -2.06. The summed E-state index contributed by atoms with van der Waals surface area (Å²) in [7, 11) is 0. The molecular formula is C23H36O. The molecule has 0 aliphatic heterocycles. The van der Waals surface area contributed by atoms with Gasteiger partial charge in [0.25, 0.3) is 0 Å². The molecule has 134 valence electrons. The second-order valence-electron chi connectivity index (χ2n) is 6.63. The Morgan fingerprint density at radius 3 is 1.92 bits per heavy atom. The van der Waals surface area contributed by atoms with E-state index in [1.807, 2.05) is 0 Å². The Balaban J connectivity index is 2.47. The van der Waals surface area contributed by atoms with Crippen LogP contribution >= 0.6 is 0 Å². The van der Waals surface area contributed by atoms with E-state index >= 15 is 0 Å². The van der Waals surface area contributed by atoms with Crippen LogP contribution in [0.5, 0.6) is 0 Å². The standard InChI is InChI=1S/C23H36O/c1-5-7-9-10-12-20(3)22-13-15-23(16-14-22)21(4)17-19-24-18-11-8-6-2/h12-17H,5-11,18-19H2,1-4H3/b20-12+,21-17+. The van der Waals surface area contributed by atoms with E-state index in [1.165, 1.54) is 67.2 Å². The fraction of sp³-hybridized carbons (Fsp3) is 0.565. The predicted octanol–water partition coefficient (Wildman–Crippen LogP) is 7.28. The van der Waals surface area contributed by atoms with Crippen LogP contribution in [0, 0.1) is 0 Å². The molecule has 0 saturated heterocycles. The number of allylic oxidation sites excluding steroid dienone is 3. The fourth-order valence-electron chi connectivity index (χ4n) is 2.67. The van der Waals surface area contributed by atoms with Gasteiger partial charge in [-0.2, -0.15) is 0 Å². The Morgan fingerprint density at radius 2 is 1.33 bits per heavy atom. The van der Waals surface area contributed by atoms with Gasteiger partial charge in [-0.3, -0.25) is 0 Å². The first-order valence-corrected chi connectivity index (χ1v) is 9.71. The molecule has 0 aromatic heterocycles. The fourth-order valence-corrected chi connectivity index (χ4v) is 2.67. The quantitative estimate of drug-likeness (QED) is 0.366. The van der Waals surface area contributed by atoms with Crippen molar-refractivity contribution in [3.8, 4) is 0 Å². The van der Waals surface area contributed by atoms with Crippen LogP contribution in [0.15, 0.2) is 36.4 Å². The van der Waals surface area contributed by atoms with Crippen LogP contribution in [-0.4, -0.2) is 13.2 Å². The molecule has 1 aromatic carbocycles. The lowest BCUT2D eigenvalue weighted by atomic mass is 10.0. The molecule has 0 atom stereocenters. The van der Waals surface area contributed by atoms with E-state index in [4.69, 9.17) is 4.74 Å². The maximum Gasteiger partial charge on any atom is 0.0653 e. The lowest BCUT2D eigenvalue weighted by molar-refractivity contribution is 0.158. The highest BCUT2D eigenvalue weighted by Crippen LogP contribution is 2.20. The van der Waals surface area contributed by atoms with E-state index < -0.39 is 0 Å². The van der Waals surface area contributed by atoms with Crippen molar-refractivity contribution in [2.45, 2.75) is 72.6 Å². The second kappa shape index (κ2) is 13.0. The Morgan fingerprint density at radius 1 is 0.792 bits per heavy atom. The zero-order valence-electron chi connectivity index (χ0n) is 16.2. The van der Waals surface area contributed by atoms with E-state index in [9.17, 15) is 0 Å². The molecule has 0 bridgehead atoms. The second-order valence-corrected chi connectivity index (χ2v) is 6.63. The third-order valence-corrected chi connectivity index (χ3v) is 4.45. The highest BCUT2D eigenvalue weighted by atomic mass is 16.5. The zero-order chi connectivity index (χ0) is 17.6. The molecule has 0 unspecified atom stereocenters. The third-order valence-electron chi connectivity index (χ3n) is 4.45. The summed E-state index contributed by atoms with van der Waals surface area (Å²) in [5, 5.41) is 0. The number of benzene rings is 1. The van der Waals surface area contributed by atoms with Crippen LogP contribution in [0.1, 0.15) is 83.8 Å². The monoisotopic (exact) mass is 328 g/mol. The molecule has 0 saturated carbocycles. The Labute approximate surface area is 149 Å². The topological polar surface area (TPSA) is 9.23 Å². The largest absolute Gasteiger partial charge is 0.377 e. The van der Waals surface area contributed by atoms with Crippen LogP contribution in [-0.2, 0) is 4.74 Å². The molecule has 0 heterocycles. The van der Waals surface area contributed by atoms with E-state index in [0.717, 1.165) is 6.61 Å². The smallest absolute Gasteiger partial charge is 0.0653 e. The summed E-state index contributed by atoms with van der Waals surface area (Å²) in [5.41, 5.74) is 5.30. The zero-order valence-corrected chi connectivity index (χ0v) is 16.2. The summed E-state index contributed by atoms with van der Waals surface area (Å²) in [6.45, 7) is 10.4. The van der Waals surface area contributed by atoms with Crippen LogP contribution in [0.25, 0.3) is 11.1 Å². The molecule has 0 radical (unpaired) electrons. The van der Waals surface area contributed by atoms with Gasteiger partial charge in [-0.1, -0.05) is 75.9 Å². The SMILES string of the molecule is CCCCC/C=C(\C)c1ccc(/C(C)=C/COCCCCC)cc1. The summed E-state index contributed by atoms with van der Waals surface area (Å²) >= 11 is 0. The first-order valence-electron chi connectivity index (χ1n) is 9.71. The molecule has 0 aliphatic carbocycles. The Bertz CT molecular complexity index is 493. The number of unbranched alkanes of at least 4 members (excludes halogenated alkanes) is 5. The van der Waals surface area contributed by atoms with Gasteiger partial charge in [0.1, 0.15) is 0 Å². The molecule has 0 aliphatic rings. The van der Waals surface area contributed by atoms with Crippen molar-refractivity contribution in [3.63, 3.8) is 0 Å². The molecule has 1 heteroatoms. The van der Waals surface area contributed by atoms with Gasteiger partial charge in [0.05, 0.1) is 6.61 Å². The number of rotatable bonds is 12. The maximum atomic E-state index is 5.67. The molecule has 0 N–H and O–H groups in total. The first kappa shape index (κ1) is 20.7. The first-order chi connectivity index (χ1) is 11.7. The van der Waals surface area contributed by atoms with Crippen molar-refractivity contribution < 1.29 is 4.74 Å². The van der Waals surface area contributed by atoms with E-state index in [2.05, 4.69) is 64.1 Å². The third kappa shape index (κ3) is 8.49. The van der Waals surface area contributed by atoms with Gasteiger partial charge < -0.3 is 4.74 Å². The molecular weight excluding hydrogens is 292 g/mol. The summed E-state index contributed by atoms with van der Waals surface area (Å²) in [6, 6.07) is 8.92. The number of ether oxygens (including phenoxy) is 1. The van der Waals surface area contributed by atoms with E-state index in [0.29, 0.717) is 6.61 Å². The lowest BCUT2D eigenvalue weighted by Crippen LogP contribution is -1.95. The molecule has 1 aromatic rings. The minimum Gasteiger partial charge on any atom is -0.377 e. The predicted molar refractivity (Wildman–Crippen MR) is 108 cm³/mol. The van der Waals surface area contributed by atoms with Gasteiger partial charge in [0.15, 0.2) is 0 Å². The highest BCUT2D eigenvalue weighted by molar-refractivity contribution is 5.68. The van der Waals surface area contributed by atoms with Crippen LogP contribution in [0.2, 0.25) is 0 Å². The van der Waals surface area contributed by atoms with Gasteiger partial charge in [0, 0.05) is 6.61 Å². The van der Waals surface area contributed by atoms with Crippen molar-refractivity contribution >= 4 is 11.1 Å². The summed E-state index contributed by atoms with van der Waals surface area (Å²) in [6.07, 6.45) is 13.3. The molecule has 0 amide bonds. The molecule has 24 heavy (non-hydrogen) atoms. The molecule has 0 spiro atoms. The molecule has 0 fully saturated rings. The summed E-state index contributed by atoms with van der Waals surface area (Å²) in [5.74, 6) is 0. The molecule has 1 nitrogen and oxygen atoms in total. The van der Waals surface area contributed by atoms with Crippen molar-refractivity contribution in [2.24, 2.45) is 0 Å². The van der Waals surface area contributed by atoms with Gasteiger partial charge in [-0.15, -0.1) is 0 Å². The average Bonchev–Trinajstić information content (AvgIpc) is 2.61. The number of hydrogen-bond donors (Lipinski definition) is 0. The summed E-state index contributed by atoms with van der Waals surface area (Å²) < 4.78 is 5.67. The van der Waals surface area contributed by atoms with Crippen LogP contribution < -0.4 is 0 Å². The van der Waals surface area contributed by atoms with Gasteiger partial charge >= 0.3 is 0 Å².